The van der Waals surface area contributed by atoms with Gasteiger partial charge < -0.3 is 15.2 Å². The number of hydrogen-bond donors (Lipinski definition) is 2. The van der Waals surface area contributed by atoms with E-state index in [0.717, 1.165) is 0 Å². The van der Waals surface area contributed by atoms with Gasteiger partial charge in [-0.25, -0.2) is 9.18 Å². The molecule has 3 rings (SSSR count). The van der Waals surface area contributed by atoms with Gasteiger partial charge in [0.1, 0.15) is 5.82 Å². The van der Waals surface area contributed by atoms with Crippen LogP contribution in [-0.2, 0) is 26.3 Å². The molecular formula is C24H22FNO4. The Labute approximate surface area is 174 Å². The number of nitrogens with one attached hydrogen (secondary N) is 1. The highest BCUT2D eigenvalue weighted by atomic mass is 19.1. The monoisotopic (exact) mass is 407 g/mol. The lowest BCUT2D eigenvalue weighted by atomic mass is 9.86. The largest absolute Gasteiger partial charge is 0.453 e. The third-order valence-corrected chi connectivity index (χ3v) is 4.69. The van der Waals surface area contributed by atoms with Crippen molar-refractivity contribution in [3.63, 3.8) is 0 Å². The first-order valence-electron chi connectivity index (χ1n) is 9.52. The predicted octanol–water partition coefficient (Wildman–Crippen LogP) is 2.96. The second kappa shape index (κ2) is 9.80. The molecule has 3 aromatic rings. The average Bonchev–Trinajstić information content (AvgIpc) is 2.79. The van der Waals surface area contributed by atoms with Gasteiger partial charge in [0, 0.05) is 6.54 Å². The summed E-state index contributed by atoms with van der Waals surface area (Å²) >= 11 is 0. The van der Waals surface area contributed by atoms with Crippen molar-refractivity contribution < 1.29 is 23.8 Å². The molecule has 1 amide bonds. The van der Waals surface area contributed by atoms with E-state index in [1.165, 1.54) is 6.07 Å². The van der Waals surface area contributed by atoms with Gasteiger partial charge in [0.15, 0.2) is 6.61 Å². The van der Waals surface area contributed by atoms with Crippen molar-refractivity contribution >= 4 is 11.9 Å². The Kier molecular flexibility index (Phi) is 6.93. The maximum Gasteiger partial charge on any atom is 0.348 e. The molecule has 30 heavy (non-hydrogen) atoms. The van der Waals surface area contributed by atoms with Crippen LogP contribution in [0, 0.1) is 5.82 Å². The molecule has 6 heteroatoms. The minimum absolute atomic E-state index is 0.193. The molecule has 0 atom stereocenters. The van der Waals surface area contributed by atoms with Crippen molar-refractivity contribution in [2.24, 2.45) is 0 Å². The van der Waals surface area contributed by atoms with Gasteiger partial charge in [0.25, 0.3) is 5.91 Å². The van der Waals surface area contributed by atoms with Crippen LogP contribution in [0.5, 0.6) is 0 Å². The Bertz CT molecular complexity index is 953. The Balaban J connectivity index is 1.62. The number of aliphatic hydroxyl groups is 1. The molecule has 0 fully saturated rings. The van der Waals surface area contributed by atoms with Crippen molar-refractivity contribution in [2.45, 2.75) is 12.0 Å². The van der Waals surface area contributed by atoms with Crippen molar-refractivity contribution in [1.82, 2.24) is 5.32 Å². The zero-order valence-electron chi connectivity index (χ0n) is 16.3. The molecule has 2 N–H and O–H groups in total. The minimum atomic E-state index is -2.05. The Morgan fingerprint density at radius 2 is 1.40 bits per heavy atom. The number of rotatable bonds is 8. The van der Waals surface area contributed by atoms with E-state index in [4.69, 9.17) is 4.74 Å². The van der Waals surface area contributed by atoms with Crippen LogP contribution >= 0.6 is 0 Å². The molecule has 0 unspecified atom stereocenters. The van der Waals surface area contributed by atoms with Gasteiger partial charge in [-0.1, -0.05) is 78.9 Å². The molecule has 0 aromatic heterocycles. The van der Waals surface area contributed by atoms with E-state index in [1.807, 2.05) is 0 Å². The lowest BCUT2D eigenvalue weighted by molar-refractivity contribution is -0.164. The molecule has 0 heterocycles. The molecule has 0 aliphatic heterocycles. The van der Waals surface area contributed by atoms with Crippen LogP contribution in [-0.4, -0.2) is 30.1 Å². The van der Waals surface area contributed by atoms with E-state index in [2.05, 4.69) is 5.32 Å². The summed E-state index contributed by atoms with van der Waals surface area (Å²) in [6, 6.07) is 23.1. The summed E-state index contributed by atoms with van der Waals surface area (Å²) in [7, 11) is 0. The number of hydrogen-bond acceptors (Lipinski definition) is 4. The van der Waals surface area contributed by atoms with Gasteiger partial charge in [-0.15, -0.1) is 0 Å². The zero-order valence-corrected chi connectivity index (χ0v) is 16.3. The van der Waals surface area contributed by atoms with Gasteiger partial charge in [-0.3, -0.25) is 4.79 Å². The van der Waals surface area contributed by atoms with Crippen molar-refractivity contribution in [2.75, 3.05) is 13.2 Å². The maximum atomic E-state index is 13.6. The van der Waals surface area contributed by atoms with Crippen molar-refractivity contribution in [3.05, 3.63) is 107 Å². The van der Waals surface area contributed by atoms with Crippen LogP contribution in [0.25, 0.3) is 0 Å². The SMILES string of the molecule is O=C(COC(=O)C(O)(c1ccccc1)c1ccccc1)NCCc1ccccc1F. The van der Waals surface area contributed by atoms with Crippen LogP contribution in [0.2, 0.25) is 0 Å². The zero-order chi connectivity index (χ0) is 21.4. The Morgan fingerprint density at radius 3 is 1.97 bits per heavy atom. The fourth-order valence-corrected chi connectivity index (χ4v) is 3.09. The highest BCUT2D eigenvalue weighted by Gasteiger charge is 2.41. The topological polar surface area (TPSA) is 75.6 Å². The minimum Gasteiger partial charge on any atom is -0.453 e. The van der Waals surface area contributed by atoms with Crippen LogP contribution in [0.4, 0.5) is 4.39 Å². The number of amides is 1. The molecule has 0 aliphatic carbocycles. The average molecular weight is 407 g/mol. The molecule has 0 bridgehead atoms. The molecule has 5 nitrogen and oxygen atoms in total. The van der Waals surface area contributed by atoms with E-state index >= 15 is 0 Å². The Morgan fingerprint density at radius 1 is 0.867 bits per heavy atom. The third-order valence-electron chi connectivity index (χ3n) is 4.69. The fraction of sp³-hybridized carbons (Fsp3) is 0.167. The molecule has 0 radical (unpaired) electrons. The second-order valence-corrected chi connectivity index (χ2v) is 6.71. The third kappa shape index (κ3) is 4.90. The Hall–Kier alpha value is -3.51. The van der Waals surface area contributed by atoms with Gasteiger partial charge in [-0.2, -0.15) is 0 Å². The van der Waals surface area contributed by atoms with Crippen LogP contribution in [0.3, 0.4) is 0 Å². The predicted molar refractivity (Wildman–Crippen MR) is 110 cm³/mol. The number of ether oxygens (including phenoxy) is 1. The summed E-state index contributed by atoms with van der Waals surface area (Å²) in [5, 5.41) is 13.8. The molecule has 0 spiro atoms. The van der Waals surface area contributed by atoms with E-state index in [9.17, 15) is 19.1 Å². The quantitative estimate of drug-likeness (QED) is 0.563. The first-order chi connectivity index (χ1) is 14.5. The smallest absolute Gasteiger partial charge is 0.348 e. The van der Waals surface area contributed by atoms with Gasteiger partial charge in [0.05, 0.1) is 0 Å². The number of carbonyl (C=O) groups is 2. The highest BCUT2D eigenvalue weighted by Crippen LogP contribution is 2.30. The molecular weight excluding hydrogens is 385 g/mol. The molecule has 154 valence electrons. The number of esters is 1. The lowest BCUT2D eigenvalue weighted by Gasteiger charge is -2.26. The molecule has 0 aliphatic rings. The molecule has 0 saturated heterocycles. The second-order valence-electron chi connectivity index (χ2n) is 6.71. The summed E-state index contributed by atoms with van der Waals surface area (Å²) in [5.74, 6) is -1.83. The lowest BCUT2D eigenvalue weighted by Crippen LogP contribution is -2.40. The highest BCUT2D eigenvalue weighted by molar-refractivity contribution is 5.88. The summed E-state index contributed by atoms with van der Waals surface area (Å²) in [5.41, 5.74) is -0.893. The first kappa shape index (κ1) is 21.2. The number of carbonyl (C=O) groups excluding carboxylic acids is 2. The summed E-state index contributed by atoms with van der Waals surface area (Å²) in [6.45, 7) is -0.364. The molecule has 0 saturated carbocycles. The van der Waals surface area contributed by atoms with Crippen LogP contribution in [0.1, 0.15) is 16.7 Å². The maximum absolute atomic E-state index is 13.6. The van der Waals surface area contributed by atoms with Gasteiger partial charge in [0.2, 0.25) is 5.60 Å². The standard InChI is InChI=1S/C24H22FNO4/c25-21-14-8-7-9-18(21)15-16-26-22(27)17-30-23(28)24(29,19-10-3-1-4-11-19)20-12-5-2-6-13-20/h1-14,29H,15-17H2,(H,26,27). The van der Waals surface area contributed by atoms with E-state index < -0.39 is 24.1 Å². The van der Waals surface area contributed by atoms with Gasteiger partial charge in [-0.05, 0) is 29.2 Å². The van der Waals surface area contributed by atoms with E-state index in [-0.39, 0.29) is 12.4 Å². The first-order valence-corrected chi connectivity index (χ1v) is 9.52. The normalized spacial score (nSPS) is 11.0. The van der Waals surface area contributed by atoms with Crippen molar-refractivity contribution in [1.29, 1.82) is 0 Å². The van der Waals surface area contributed by atoms with Crippen LogP contribution < -0.4 is 5.32 Å². The molecule has 3 aromatic carbocycles. The summed E-state index contributed by atoms with van der Waals surface area (Å²) in [4.78, 5) is 24.9. The van der Waals surface area contributed by atoms with E-state index in [1.54, 1.807) is 78.9 Å². The summed E-state index contributed by atoms with van der Waals surface area (Å²) < 4.78 is 18.7. The summed E-state index contributed by atoms with van der Waals surface area (Å²) in [6.07, 6.45) is 0.310. The van der Waals surface area contributed by atoms with Crippen LogP contribution in [0.15, 0.2) is 84.9 Å². The number of halogens is 1. The number of benzene rings is 3. The van der Waals surface area contributed by atoms with E-state index in [0.29, 0.717) is 23.1 Å². The van der Waals surface area contributed by atoms with Crippen molar-refractivity contribution in [3.8, 4) is 0 Å². The van der Waals surface area contributed by atoms with Gasteiger partial charge >= 0.3 is 5.97 Å². The fourth-order valence-electron chi connectivity index (χ4n) is 3.09.